The van der Waals surface area contributed by atoms with Gasteiger partial charge in [-0.1, -0.05) is 0 Å². The van der Waals surface area contributed by atoms with Gasteiger partial charge >= 0.3 is 100 Å². The van der Waals surface area contributed by atoms with Gasteiger partial charge in [0.15, 0.2) is 0 Å². The zero-order valence-corrected chi connectivity index (χ0v) is 13.0. The molecule has 0 radical (unpaired) electrons. The second-order valence-corrected chi connectivity index (χ2v) is 15.2. The van der Waals surface area contributed by atoms with Crippen molar-refractivity contribution in [2.45, 2.75) is 37.4 Å². The number of hydrogen-bond donors (Lipinski definition) is 0. The van der Waals surface area contributed by atoms with Gasteiger partial charge in [-0.2, -0.15) is 0 Å². The summed E-state index contributed by atoms with van der Waals surface area (Å²) in [5.74, 6) is 7.70. The number of ether oxygens (including phenoxy) is 2. The molecule has 1 heterocycles. The molecule has 0 fully saturated rings. The van der Waals surface area contributed by atoms with E-state index in [4.69, 9.17) is 13.9 Å². The first-order valence-corrected chi connectivity index (χ1v) is 13.2. The summed E-state index contributed by atoms with van der Waals surface area (Å²) < 4.78 is 18.0. The third-order valence-electron chi connectivity index (χ3n) is 2.23. The Hall–Kier alpha value is -0.257. The molecule has 0 aromatic carbocycles. The average Bonchev–Trinajstić information content (AvgIpc) is 2.65. The van der Waals surface area contributed by atoms with E-state index in [0.717, 1.165) is 10.4 Å². The van der Waals surface area contributed by atoms with Gasteiger partial charge in [0.25, 0.3) is 0 Å². The molecule has 0 aliphatic carbocycles. The van der Waals surface area contributed by atoms with Crippen molar-refractivity contribution in [3.05, 3.63) is 17.9 Å². The van der Waals surface area contributed by atoms with Crippen molar-refractivity contribution >= 4 is 17.9 Å². The van der Waals surface area contributed by atoms with E-state index in [0.29, 0.717) is 13.2 Å². The van der Waals surface area contributed by atoms with Gasteiger partial charge in [-0.15, -0.1) is 0 Å². The summed E-state index contributed by atoms with van der Waals surface area (Å²) in [6.07, 6.45) is -0.353. The molecule has 1 aromatic heterocycles. The van der Waals surface area contributed by atoms with Crippen LogP contribution in [0.4, 0.5) is 0 Å². The molecule has 16 heavy (non-hydrogen) atoms. The van der Waals surface area contributed by atoms with Gasteiger partial charge in [0.2, 0.25) is 0 Å². The number of rotatable bonds is 6. The Morgan fingerprint density at radius 3 is 2.06 bits per heavy atom. The van der Waals surface area contributed by atoms with Crippen LogP contribution in [0.5, 0.6) is 0 Å². The Bertz CT molecular complexity index is 308. The van der Waals surface area contributed by atoms with Crippen LogP contribution in [0.15, 0.2) is 16.5 Å². The molecule has 0 saturated carbocycles. The summed E-state index contributed by atoms with van der Waals surface area (Å²) in [6.45, 7) is 5.16. The van der Waals surface area contributed by atoms with Crippen molar-refractivity contribution in [2.24, 2.45) is 0 Å². The van der Waals surface area contributed by atoms with Crippen LogP contribution in [0.25, 0.3) is 0 Å². The van der Waals surface area contributed by atoms with E-state index in [1.807, 2.05) is 19.9 Å². The van der Waals surface area contributed by atoms with E-state index in [-0.39, 0.29) is 6.29 Å². The Morgan fingerprint density at radius 2 is 1.69 bits per heavy atom. The minimum absolute atomic E-state index is 0.353. The fourth-order valence-electron chi connectivity index (χ4n) is 1.40. The molecular formula is C12H22GeO3. The van der Waals surface area contributed by atoms with Crippen molar-refractivity contribution < 1.29 is 13.9 Å². The topological polar surface area (TPSA) is 31.6 Å². The fraction of sp³-hybridized carbons (Fsp3) is 0.667. The molecule has 0 N–H and O–H groups in total. The molecule has 0 unspecified atom stereocenters. The molecule has 1 rings (SSSR count). The van der Waals surface area contributed by atoms with Gasteiger partial charge in [0.05, 0.1) is 0 Å². The summed E-state index contributed by atoms with van der Waals surface area (Å²) in [7, 11) is 0. The van der Waals surface area contributed by atoms with E-state index >= 15 is 0 Å². The summed E-state index contributed by atoms with van der Waals surface area (Å²) in [4.78, 5) is 0. The molecular weight excluding hydrogens is 265 g/mol. The molecule has 0 saturated heterocycles. The van der Waals surface area contributed by atoms with Crippen LogP contribution >= 0.6 is 0 Å². The molecule has 0 aliphatic rings. The standard InChI is InChI=1S/C12H22GeO3/c1-6-14-12(15-7-2)10-8-9-11(16-10)13(3,4)5/h8-9,12H,6-7H2,1-5H3. The summed E-state index contributed by atoms with van der Waals surface area (Å²) in [6, 6.07) is 4.04. The van der Waals surface area contributed by atoms with Gasteiger partial charge in [-0.3, -0.25) is 0 Å². The minimum atomic E-state index is -1.87. The van der Waals surface area contributed by atoms with Crippen LogP contribution in [-0.2, 0) is 9.47 Å². The first-order chi connectivity index (χ1) is 7.49. The van der Waals surface area contributed by atoms with Crippen molar-refractivity contribution in [1.29, 1.82) is 0 Å². The van der Waals surface area contributed by atoms with Crippen LogP contribution in [0.2, 0.25) is 17.3 Å². The van der Waals surface area contributed by atoms with Crippen molar-refractivity contribution in [3.8, 4) is 0 Å². The Morgan fingerprint density at radius 1 is 1.12 bits per heavy atom. The first kappa shape index (κ1) is 13.8. The molecule has 0 spiro atoms. The fourth-order valence-corrected chi connectivity index (χ4v) is 3.51. The second kappa shape index (κ2) is 5.89. The van der Waals surface area contributed by atoms with E-state index in [9.17, 15) is 0 Å². The molecule has 92 valence electrons. The van der Waals surface area contributed by atoms with E-state index in [1.165, 1.54) is 0 Å². The predicted octanol–water partition coefficient (Wildman–Crippen LogP) is 2.90. The molecule has 0 bridgehead atoms. The average molecular weight is 287 g/mol. The monoisotopic (exact) mass is 288 g/mol. The third-order valence-corrected chi connectivity index (χ3v) is 5.90. The van der Waals surface area contributed by atoms with Crippen molar-refractivity contribution in [1.82, 2.24) is 0 Å². The molecule has 4 heteroatoms. The summed E-state index contributed by atoms with van der Waals surface area (Å²) in [5.41, 5.74) is 0. The maximum absolute atomic E-state index is 5.85. The quantitative estimate of drug-likeness (QED) is 0.595. The normalized spacial score (nSPS) is 12.4. The molecule has 0 aliphatic heterocycles. The van der Waals surface area contributed by atoms with Crippen LogP contribution in [0.1, 0.15) is 25.9 Å². The zero-order valence-electron chi connectivity index (χ0n) is 10.9. The van der Waals surface area contributed by atoms with Gasteiger partial charge in [0.1, 0.15) is 0 Å². The Labute approximate surface area is 100 Å². The third kappa shape index (κ3) is 3.65. The summed E-state index contributed by atoms with van der Waals surface area (Å²) in [5, 5.41) is 0. The maximum atomic E-state index is 5.85. The van der Waals surface area contributed by atoms with Crippen molar-refractivity contribution in [3.63, 3.8) is 0 Å². The summed E-state index contributed by atoms with van der Waals surface area (Å²) >= 11 is -1.87. The van der Waals surface area contributed by atoms with E-state index in [1.54, 1.807) is 0 Å². The van der Waals surface area contributed by atoms with E-state index in [2.05, 4.69) is 23.3 Å². The van der Waals surface area contributed by atoms with Gasteiger partial charge in [-0.05, 0) is 0 Å². The molecule has 0 atom stereocenters. The van der Waals surface area contributed by atoms with Crippen LogP contribution < -0.4 is 4.59 Å². The van der Waals surface area contributed by atoms with Gasteiger partial charge in [-0.25, -0.2) is 0 Å². The van der Waals surface area contributed by atoms with Gasteiger partial charge < -0.3 is 0 Å². The zero-order chi connectivity index (χ0) is 12.2. The Kier molecular flexibility index (Phi) is 5.08. The SMILES string of the molecule is CCOC(OCC)c1cc[c]([Ge]([CH3])([CH3])[CH3])o1. The number of hydrogen-bond acceptors (Lipinski definition) is 3. The van der Waals surface area contributed by atoms with E-state index < -0.39 is 13.3 Å². The molecule has 0 amide bonds. The second-order valence-electron chi connectivity index (χ2n) is 4.69. The van der Waals surface area contributed by atoms with Crippen LogP contribution in [0, 0.1) is 0 Å². The van der Waals surface area contributed by atoms with Gasteiger partial charge in [0, 0.05) is 0 Å². The molecule has 1 aromatic rings. The van der Waals surface area contributed by atoms with Crippen molar-refractivity contribution in [2.75, 3.05) is 13.2 Å². The number of furan rings is 1. The molecule has 3 nitrogen and oxygen atoms in total. The first-order valence-electron chi connectivity index (χ1n) is 5.82. The Balaban J connectivity index is 2.81. The van der Waals surface area contributed by atoms with Crippen LogP contribution in [-0.4, -0.2) is 26.5 Å². The predicted molar refractivity (Wildman–Crippen MR) is 67.7 cm³/mol. The van der Waals surface area contributed by atoms with Crippen LogP contribution in [0.3, 0.4) is 0 Å².